The number of thioether (sulfide) groups is 1. The monoisotopic (exact) mass is 338 g/mol. The van der Waals surface area contributed by atoms with Crippen molar-refractivity contribution < 1.29 is 4.42 Å². The Balaban J connectivity index is 1.90. The van der Waals surface area contributed by atoms with Crippen molar-refractivity contribution in [2.24, 2.45) is 5.73 Å². The maximum atomic E-state index is 6.27. The van der Waals surface area contributed by atoms with Crippen LogP contribution in [0.15, 0.2) is 46.0 Å². The average molecular weight is 339 g/mol. The third-order valence-corrected chi connectivity index (χ3v) is 5.93. The molecule has 6 heteroatoms. The second kappa shape index (κ2) is 6.40. The number of fused-ring (bicyclic) bond motifs is 1. The standard InChI is InChI=1S/C15H15ClN2OS2/c1-2-9(17)14(12-7-8-13(16)20-12)21-15-18-10-5-3-4-6-11(10)19-15/h3-9,14H,2,17H2,1H3. The summed E-state index contributed by atoms with van der Waals surface area (Å²) in [5, 5.41) is 0.746. The lowest BCUT2D eigenvalue weighted by Gasteiger charge is -2.19. The summed E-state index contributed by atoms with van der Waals surface area (Å²) in [4.78, 5) is 5.67. The van der Waals surface area contributed by atoms with Gasteiger partial charge in [0.1, 0.15) is 5.52 Å². The highest BCUT2D eigenvalue weighted by molar-refractivity contribution is 7.99. The van der Waals surface area contributed by atoms with Crippen LogP contribution >= 0.6 is 34.7 Å². The van der Waals surface area contributed by atoms with Gasteiger partial charge in [-0.2, -0.15) is 0 Å². The van der Waals surface area contributed by atoms with Crippen molar-refractivity contribution in [1.29, 1.82) is 0 Å². The molecule has 0 saturated heterocycles. The molecule has 3 nitrogen and oxygen atoms in total. The molecule has 0 spiro atoms. The molecule has 0 fully saturated rings. The van der Waals surface area contributed by atoms with Crippen molar-refractivity contribution in [2.75, 3.05) is 0 Å². The van der Waals surface area contributed by atoms with Crippen LogP contribution in [0.2, 0.25) is 4.34 Å². The first-order valence-electron chi connectivity index (χ1n) is 6.70. The van der Waals surface area contributed by atoms with Gasteiger partial charge in [0, 0.05) is 10.9 Å². The fourth-order valence-electron chi connectivity index (χ4n) is 2.06. The molecule has 2 atom stereocenters. The van der Waals surface area contributed by atoms with Gasteiger partial charge in [0.25, 0.3) is 5.22 Å². The van der Waals surface area contributed by atoms with Crippen LogP contribution in [-0.4, -0.2) is 11.0 Å². The van der Waals surface area contributed by atoms with E-state index in [0.29, 0.717) is 5.22 Å². The number of hydrogen-bond donors (Lipinski definition) is 1. The van der Waals surface area contributed by atoms with Gasteiger partial charge in [-0.05, 0) is 30.7 Å². The third kappa shape index (κ3) is 3.26. The molecule has 2 heterocycles. The molecule has 110 valence electrons. The van der Waals surface area contributed by atoms with E-state index in [-0.39, 0.29) is 11.3 Å². The van der Waals surface area contributed by atoms with Crippen LogP contribution in [0, 0.1) is 0 Å². The Bertz CT molecular complexity index is 707. The minimum Gasteiger partial charge on any atom is -0.431 e. The maximum absolute atomic E-state index is 6.27. The second-order valence-corrected chi connectivity index (χ2v) is 7.54. The highest BCUT2D eigenvalue weighted by Crippen LogP contribution is 2.42. The molecule has 0 bridgehead atoms. The maximum Gasteiger partial charge on any atom is 0.257 e. The zero-order valence-electron chi connectivity index (χ0n) is 11.5. The van der Waals surface area contributed by atoms with Gasteiger partial charge in [-0.1, -0.05) is 42.4 Å². The molecule has 3 rings (SSSR count). The Morgan fingerprint density at radius 2 is 2.14 bits per heavy atom. The van der Waals surface area contributed by atoms with Gasteiger partial charge in [-0.3, -0.25) is 0 Å². The van der Waals surface area contributed by atoms with E-state index in [1.54, 1.807) is 23.1 Å². The van der Waals surface area contributed by atoms with Crippen molar-refractivity contribution in [1.82, 2.24) is 4.98 Å². The van der Waals surface area contributed by atoms with E-state index >= 15 is 0 Å². The Labute approximate surface area is 136 Å². The molecule has 2 aromatic heterocycles. The largest absolute Gasteiger partial charge is 0.431 e. The highest BCUT2D eigenvalue weighted by atomic mass is 35.5. The number of para-hydroxylation sites is 2. The molecule has 0 radical (unpaired) electrons. The first kappa shape index (κ1) is 14.9. The molecule has 0 amide bonds. The molecule has 2 unspecified atom stereocenters. The fourth-order valence-corrected chi connectivity index (χ4v) is 4.54. The van der Waals surface area contributed by atoms with E-state index in [0.717, 1.165) is 26.7 Å². The predicted octanol–water partition coefficient (Wildman–Crippen LogP) is 5.11. The summed E-state index contributed by atoms with van der Waals surface area (Å²) < 4.78 is 6.56. The van der Waals surface area contributed by atoms with Crippen LogP contribution in [0.1, 0.15) is 23.5 Å². The lowest BCUT2D eigenvalue weighted by molar-refractivity contribution is 0.486. The summed E-state index contributed by atoms with van der Waals surface area (Å²) >= 11 is 9.17. The first-order chi connectivity index (χ1) is 10.2. The number of hydrogen-bond acceptors (Lipinski definition) is 5. The molecule has 0 saturated carbocycles. The minimum atomic E-state index is 0.0275. The Morgan fingerprint density at radius 1 is 1.33 bits per heavy atom. The minimum absolute atomic E-state index is 0.0275. The van der Waals surface area contributed by atoms with Gasteiger partial charge >= 0.3 is 0 Å². The van der Waals surface area contributed by atoms with Gasteiger partial charge in [0.15, 0.2) is 5.58 Å². The van der Waals surface area contributed by atoms with E-state index in [2.05, 4.69) is 11.9 Å². The van der Waals surface area contributed by atoms with Gasteiger partial charge in [0.2, 0.25) is 0 Å². The van der Waals surface area contributed by atoms with E-state index in [4.69, 9.17) is 21.8 Å². The van der Waals surface area contributed by atoms with Crippen LogP contribution in [0.5, 0.6) is 0 Å². The topological polar surface area (TPSA) is 52.0 Å². The van der Waals surface area contributed by atoms with E-state index in [1.807, 2.05) is 36.4 Å². The SMILES string of the molecule is CCC(N)C(Sc1nc2ccccc2o1)c1ccc(Cl)s1. The van der Waals surface area contributed by atoms with Crippen LogP contribution in [0.4, 0.5) is 0 Å². The van der Waals surface area contributed by atoms with Crippen LogP contribution < -0.4 is 5.73 Å². The summed E-state index contributed by atoms with van der Waals surface area (Å²) in [6.45, 7) is 2.08. The Morgan fingerprint density at radius 3 is 2.81 bits per heavy atom. The van der Waals surface area contributed by atoms with Crippen LogP contribution in [0.25, 0.3) is 11.1 Å². The summed E-state index contributed by atoms with van der Waals surface area (Å²) in [6, 6.07) is 11.7. The van der Waals surface area contributed by atoms with Crippen molar-refractivity contribution in [2.45, 2.75) is 29.9 Å². The number of oxazole rings is 1. The first-order valence-corrected chi connectivity index (χ1v) is 8.78. The lowest BCUT2D eigenvalue weighted by Crippen LogP contribution is -2.25. The molecular formula is C15H15ClN2OS2. The van der Waals surface area contributed by atoms with Crippen molar-refractivity contribution >= 4 is 45.8 Å². The molecule has 0 aliphatic heterocycles. The summed E-state index contributed by atoms with van der Waals surface area (Å²) in [5.74, 6) is 0. The summed E-state index contributed by atoms with van der Waals surface area (Å²) in [5.41, 5.74) is 7.94. The van der Waals surface area contributed by atoms with Crippen molar-refractivity contribution in [3.05, 3.63) is 45.6 Å². The van der Waals surface area contributed by atoms with E-state index < -0.39 is 0 Å². The molecule has 2 N–H and O–H groups in total. The normalized spacial score (nSPS) is 14.4. The number of nitrogens with two attached hydrogens (primary N) is 1. The van der Waals surface area contributed by atoms with Crippen LogP contribution in [-0.2, 0) is 0 Å². The molecular weight excluding hydrogens is 324 g/mol. The molecule has 3 aromatic rings. The van der Waals surface area contributed by atoms with Gasteiger partial charge in [0.05, 0.1) is 9.59 Å². The highest BCUT2D eigenvalue weighted by Gasteiger charge is 2.24. The van der Waals surface area contributed by atoms with Gasteiger partial charge < -0.3 is 10.2 Å². The second-order valence-electron chi connectivity index (χ2n) is 4.70. The Kier molecular flexibility index (Phi) is 4.54. The number of halogens is 1. The zero-order valence-corrected chi connectivity index (χ0v) is 13.8. The smallest absolute Gasteiger partial charge is 0.257 e. The zero-order chi connectivity index (χ0) is 14.8. The summed E-state index contributed by atoms with van der Waals surface area (Å²) in [6.07, 6.45) is 0.882. The van der Waals surface area contributed by atoms with Gasteiger partial charge in [-0.15, -0.1) is 11.3 Å². The fraction of sp³-hybridized carbons (Fsp3) is 0.267. The number of aromatic nitrogens is 1. The van der Waals surface area contributed by atoms with Gasteiger partial charge in [-0.25, -0.2) is 4.98 Å². The molecule has 21 heavy (non-hydrogen) atoms. The van der Waals surface area contributed by atoms with Crippen LogP contribution in [0.3, 0.4) is 0 Å². The third-order valence-electron chi connectivity index (χ3n) is 3.24. The molecule has 0 aliphatic carbocycles. The van der Waals surface area contributed by atoms with E-state index in [9.17, 15) is 0 Å². The Hall–Kier alpha value is -1.01. The number of benzene rings is 1. The predicted molar refractivity (Wildman–Crippen MR) is 90.2 cm³/mol. The quantitative estimate of drug-likeness (QED) is 0.656. The number of nitrogens with zero attached hydrogens (tertiary/aromatic N) is 1. The molecule has 1 aromatic carbocycles. The van der Waals surface area contributed by atoms with Crippen molar-refractivity contribution in [3.63, 3.8) is 0 Å². The lowest BCUT2D eigenvalue weighted by atomic mass is 10.1. The van der Waals surface area contributed by atoms with Crippen molar-refractivity contribution in [3.8, 4) is 0 Å². The number of rotatable bonds is 5. The average Bonchev–Trinajstić information content (AvgIpc) is 3.09. The van der Waals surface area contributed by atoms with E-state index in [1.165, 1.54) is 0 Å². The summed E-state index contributed by atoms with van der Waals surface area (Å²) in [7, 11) is 0. The molecule has 0 aliphatic rings. The number of thiophene rings is 1.